The van der Waals surface area contributed by atoms with E-state index in [1.807, 2.05) is 37.5 Å². The molecule has 0 spiro atoms. The van der Waals surface area contributed by atoms with Crippen LogP contribution in [-0.2, 0) is 13.5 Å². The Kier molecular flexibility index (Phi) is 3.16. The third kappa shape index (κ3) is 2.38. The zero-order chi connectivity index (χ0) is 15.1. The molecule has 0 radical (unpaired) electrons. The standard InChI is InChI=1S/C14H11ClN6S/c1-20-8-10(7-16-20)13-17-18-14-21(13)19-12(22-14)6-9-2-4-11(15)5-3-9/h2-5,7-8H,6H2,1H3. The fourth-order valence-electron chi connectivity index (χ4n) is 2.22. The average molecular weight is 331 g/mol. The molecule has 4 rings (SSSR count). The first-order valence-corrected chi connectivity index (χ1v) is 7.83. The minimum atomic E-state index is 0.710. The van der Waals surface area contributed by atoms with E-state index in [-0.39, 0.29) is 0 Å². The molecule has 0 N–H and O–H groups in total. The van der Waals surface area contributed by atoms with Gasteiger partial charge in [0.15, 0.2) is 5.82 Å². The maximum Gasteiger partial charge on any atom is 0.234 e. The average Bonchev–Trinajstić information content (AvgIpc) is 3.17. The second kappa shape index (κ2) is 5.19. The lowest BCUT2D eigenvalue weighted by molar-refractivity contribution is 0.767. The first-order valence-electron chi connectivity index (χ1n) is 6.63. The van der Waals surface area contributed by atoms with Crippen LogP contribution in [0.2, 0.25) is 5.02 Å². The lowest BCUT2D eigenvalue weighted by atomic mass is 10.2. The van der Waals surface area contributed by atoms with Gasteiger partial charge in [-0.05, 0) is 17.7 Å². The lowest BCUT2D eigenvalue weighted by Gasteiger charge is -1.97. The molecule has 6 nitrogen and oxygen atoms in total. The maximum atomic E-state index is 5.91. The summed E-state index contributed by atoms with van der Waals surface area (Å²) in [7, 11) is 1.87. The molecule has 8 heteroatoms. The molecule has 0 amide bonds. The van der Waals surface area contributed by atoms with E-state index in [9.17, 15) is 0 Å². The Bertz CT molecular complexity index is 936. The number of fused-ring (bicyclic) bond motifs is 1. The van der Waals surface area contributed by atoms with E-state index in [1.54, 1.807) is 15.4 Å². The SMILES string of the molecule is Cn1cc(-c2nnc3sc(Cc4ccc(Cl)cc4)nn23)cn1. The Hall–Kier alpha value is -2.25. The summed E-state index contributed by atoms with van der Waals surface area (Å²) in [6.45, 7) is 0. The van der Waals surface area contributed by atoms with Crippen molar-refractivity contribution in [3.05, 3.63) is 52.3 Å². The van der Waals surface area contributed by atoms with Gasteiger partial charge in [0.25, 0.3) is 0 Å². The topological polar surface area (TPSA) is 60.9 Å². The van der Waals surface area contributed by atoms with E-state index in [0.29, 0.717) is 5.82 Å². The smallest absolute Gasteiger partial charge is 0.234 e. The monoisotopic (exact) mass is 330 g/mol. The third-order valence-corrected chi connectivity index (χ3v) is 4.42. The van der Waals surface area contributed by atoms with E-state index in [2.05, 4.69) is 20.4 Å². The molecular formula is C14H11ClN6S. The Morgan fingerprint density at radius 2 is 2.00 bits per heavy atom. The minimum absolute atomic E-state index is 0.710. The zero-order valence-corrected chi connectivity index (χ0v) is 13.2. The maximum absolute atomic E-state index is 5.91. The lowest BCUT2D eigenvalue weighted by Crippen LogP contribution is -1.93. The summed E-state index contributed by atoms with van der Waals surface area (Å²) in [6, 6.07) is 7.79. The van der Waals surface area contributed by atoms with Crippen LogP contribution < -0.4 is 0 Å². The van der Waals surface area contributed by atoms with Crippen molar-refractivity contribution >= 4 is 27.9 Å². The van der Waals surface area contributed by atoms with Crippen LogP contribution in [0.4, 0.5) is 0 Å². The van der Waals surface area contributed by atoms with Crippen LogP contribution in [0.15, 0.2) is 36.7 Å². The minimum Gasteiger partial charge on any atom is -0.275 e. The van der Waals surface area contributed by atoms with Gasteiger partial charge < -0.3 is 0 Å². The normalized spacial score (nSPS) is 11.4. The Labute approximate surface area is 135 Å². The van der Waals surface area contributed by atoms with Gasteiger partial charge >= 0.3 is 0 Å². The molecular weight excluding hydrogens is 320 g/mol. The molecule has 1 aromatic carbocycles. The molecule has 0 aliphatic carbocycles. The van der Waals surface area contributed by atoms with Crippen LogP contribution >= 0.6 is 22.9 Å². The molecule has 22 heavy (non-hydrogen) atoms. The molecule has 0 saturated carbocycles. The predicted molar refractivity (Wildman–Crippen MR) is 85.1 cm³/mol. The van der Waals surface area contributed by atoms with E-state index in [0.717, 1.165) is 32.5 Å². The molecule has 4 aromatic rings. The van der Waals surface area contributed by atoms with E-state index < -0.39 is 0 Å². The number of aryl methyl sites for hydroxylation is 1. The van der Waals surface area contributed by atoms with Crippen LogP contribution in [0.5, 0.6) is 0 Å². The highest BCUT2D eigenvalue weighted by molar-refractivity contribution is 7.16. The van der Waals surface area contributed by atoms with Crippen LogP contribution in [0.1, 0.15) is 10.6 Å². The van der Waals surface area contributed by atoms with Gasteiger partial charge in [-0.2, -0.15) is 14.7 Å². The van der Waals surface area contributed by atoms with Crippen molar-refractivity contribution in [2.75, 3.05) is 0 Å². The van der Waals surface area contributed by atoms with Crippen molar-refractivity contribution < 1.29 is 0 Å². The van der Waals surface area contributed by atoms with Crippen LogP contribution in [0, 0.1) is 0 Å². The summed E-state index contributed by atoms with van der Waals surface area (Å²) in [6.07, 6.45) is 4.40. The molecule has 3 aromatic heterocycles. The van der Waals surface area contributed by atoms with Crippen molar-refractivity contribution in [2.24, 2.45) is 7.05 Å². The summed E-state index contributed by atoms with van der Waals surface area (Å²) in [5.41, 5.74) is 2.07. The Morgan fingerprint density at radius 1 is 1.18 bits per heavy atom. The molecule has 0 aliphatic rings. The van der Waals surface area contributed by atoms with Gasteiger partial charge in [-0.15, -0.1) is 10.2 Å². The van der Waals surface area contributed by atoms with Gasteiger partial charge in [-0.3, -0.25) is 4.68 Å². The molecule has 0 fully saturated rings. The second-order valence-corrected chi connectivity index (χ2v) is 6.40. The van der Waals surface area contributed by atoms with Crippen LogP contribution in [0.3, 0.4) is 0 Å². The number of aromatic nitrogens is 6. The van der Waals surface area contributed by atoms with Crippen molar-refractivity contribution in [3.63, 3.8) is 0 Å². The molecule has 0 bridgehead atoms. The summed E-state index contributed by atoms with van der Waals surface area (Å²) in [5.74, 6) is 0.710. The van der Waals surface area contributed by atoms with Gasteiger partial charge in [0.1, 0.15) is 5.01 Å². The molecule has 0 unspecified atom stereocenters. The summed E-state index contributed by atoms with van der Waals surface area (Å²) in [4.78, 5) is 0.780. The van der Waals surface area contributed by atoms with Crippen molar-refractivity contribution in [1.82, 2.24) is 29.6 Å². The third-order valence-electron chi connectivity index (χ3n) is 3.26. The molecule has 0 aliphatic heterocycles. The number of rotatable bonds is 3. The number of hydrogen-bond donors (Lipinski definition) is 0. The summed E-state index contributed by atoms with van der Waals surface area (Å²) >= 11 is 7.45. The Balaban J connectivity index is 1.69. The van der Waals surface area contributed by atoms with E-state index in [4.69, 9.17) is 11.6 Å². The van der Waals surface area contributed by atoms with E-state index in [1.165, 1.54) is 11.3 Å². The number of halogens is 1. The molecule has 3 heterocycles. The summed E-state index contributed by atoms with van der Waals surface area (Å²) in [5, 5.41) is 18.9. The quantitative estimate of drug-likeness (QED) is 0.579. The van der Waals surface area contributed by atoms with Crippen LogP contribution in [0.25, 0.3) is 16.3 Å². The number of nitrogens with zero attached hydrogens (tertiary/aromatic N) is 6. The number of benzene rings is 1. The van der Waals surface area contributed by atoms with Gasteiger partial charge in [0.05, 0.1) is 11.8 Å². The van der Waals surface area contributed by atoms with Gasteiger partial charge in [-0.1, -0.05) is 35.1 Å². The first-order chi connectivity index (χ1) is 10.7. The summed E-state index contributed by atoms with van der Waals surface area (Å²) < 4.78 is 3.50. The van der Waals surface area contributed by atoms with Gasteiger partial charge in [0, 0.05) is 24.7 Å². The fraction of sp³-hybridized carbons (Fsp3) is 0.143. The van der Waals surface area contributed by atoms with Gasteiger partial charge in [-0.25, -0.2) is 0 Å². The van der Waals surface area contributed by atoms with Crippen LogP contribution in [-0.4, -0.2) is 29.6 Å². The highest BCUT2D eigenvalue weighted by Crippen LogP contribution is 2.23. The highest BCUT2D eigenvalue weighted by Gasteiger charge is 2.14. The molecule has 110 valence electrons. The second-order valence-electron chi connectivity index (χ2n) is 4.92. The fourth-order valence-corrected chi connectivity index (χ4v) is 3.22. The number of hydrogen-bond acceptors (Lipinski definition) is 5. The van der Waals surface area contributed by atoms with Crippen molar-refractivity contribution in [1.29, 1.82) is 0 Å². The predicted octanol–water partition coefficient (Wildman–Crippen LogP) is 2.83. The first kappa shape index (κ1) is 13.4. The molecule has 0 saturated heterocycles. The van der Waals surface area contributed by atoms with Crippen molar-refractivity contribution in [2.45, 2.75) is 6.42 Å². The zero-order valence-electron chi connectivity index (χ0n) is 11.6. The van der Waals surface area contributed by atoms with Gasteiger partial charge in [0.2, 0.25) is 4.96 Å². The van der Waals surface area contributed by atoms with Crippen molar-refractivity contribution in [3.8, 4) is 11.4 Å². The molecule has 0 atom stereocenters. The van der Waals surface area contributed by atoms with E-state index >= 15 is 0 Å². The largest absolute Gasteiger partial charge is 0.275 e. The highest BCUT2D eigenvalue weighted by atomic mass is 35.5. The Morgan fingerprint density at radius 3 is 2.73 bits per heavy atom.